The number of rotatable bonds is 10. The van der Waals surface area contributed by atoms with Gasteiger partial charge < -0.3 is 20.5 Å². The minimum absolute atomic E-state index is 0.350. The monoisotopic (exact) mass is 393 g/mol. The molecule has 0 aromatic heterocycles. The first-order valence-electron chi connectivity index (χ1n) is 9.05. The number of benzene rings is 1. The Hall–Kier alpha value is -3.10. The highest BCUT2D eigenvalue weighted by atomic mass is 16.5. The third-order valence-corrected chi connectivity index (χ3v) is 3.65. The van der Waals surface area contributed by atoms with Crippen molar-refractivity contribution in [3.8, 4) is 5.75 Å². The van der Waals surface area contributed by atoms with Gasteiger partial charge in [-0.2, -0.15) is 0 Å². The average Bonchev–Trinajstić information content (AvgIpc) is 2.64. The number of primary amides is 1. The molecule has 0 fully saturated rings. The van der Waals surface area contributed by atoms with E-state index in [2.05, 4.69) is 12.2 Å². The van der Waals surface area contributed by atoms with Gasteiger partial charge >= 0.3 is 12.0 Å². The smallest absolute Gasteiger partial charge is 0.326 e. The number of imide groups is 1. The molecule has 0 radical (unpaired) electrons. The van der Waals surface area contributed by atoms with Crippen molar-refractivity contribution in [3.05, 3.63) is 29.8 Å². The lowest BCUT2D eigenvalue weighted by molar-refractivity contribution is -0.157. The van der Waals surface area contributed by atoms with E-state index in [-0.39, 0.29) is 5.92 Å². The molecule has 9 nitrogen and oxygen atoms in total. The number of carbonyl (C=O) groups is 4. The van der Waals surface area contributed by atoms with Crippen molar-refractivity contribution in [2.24, 2.45) is 11.7 Å². The molecular formula is C19H27N3O6. The first-order valence-corrected chi connectivity index (χ1v) is 9.05. The number of carbonyl (C=O) groups excluding carboxylic acids is 4. The number of hydrogen-bond acceptors (Lipinski definition) is 6. The second-order valence-electron chi connectivity index (χ2n) is 6.42. The fraction of sp³-hybridized carbons (Fsp3) is 0.474. The summed E-state index contributed by atoms with van der Waals surface area (Å²) in [6.45, 7) is 5.52. The second-order valence-corrected chi connectivity index (χ2v) is 6.42. The SMILES string of the molecule is CCCCOc1ccc(C(=O)NCC(=O)O[C@H](C(=O)NC(N)=O)C(C)C)cc1. The molecule has 1 aromatic rings. The molecule has 0 aliphatic heterocycles. The number of esters is 1. The standard InChI is InChI=1S/C19H27N3O6/c1-4-5-10-27-14-8-6-13(7-9-14)17(24)21-11-15(23)28-16(12(2)3)18(25)22-19(20)26/h6-9,12,16H,4-5,10-11H2,1-3H3,(H,21,24)(H3,20,22,25,26)/t16-/m0/s1. The maximum Gasteiger partial charge on any atom is 0.326 e. The third-order valence-electron chi connectivity index (χ3n) is 3.65. The van der Waals surface area contributed by atoms with E-state index < -0.39 is 36.5 Å². The molecule has 1 rings (SSSR count). The Morgan fingerprint density at radius 1 is 1.11 bits per heavy atom. The van der Waals surface area contributed by atoms with Crippen LogP contribution < -0.4 is 21.1 Å². The third kappa shape index (κ3) is 8.07. The van der Waals surface area contributed by atoms with Gasteiger partial charge in [0.1, 0.15) is 12.3 Å². The van der Waals surface area contributed by atoms with Crippen LogP contribution in [-0.2, 0) is 14.3 Å². The minimum atomic E-state index is -1.20. The maximum absolute atomic E-state index is 12.1. The molecule has 1 atom stereocenters. The van der Waals surface area contributed by atoms with Crippen LogP contribution in [0.3, 0.4) is 0 Å². The molecule has 4 N–H and O–H groups in total. The first kappa shape index (κ1) is 22.9. The summed E-state index contributed by atoms with van der Waals surface area (Å²) in [4.78, 5) is 46.7. The summed E-state index contributed by atoms with van der Waals surface area (Å²) >= 11 is 0. The first-order chi connectivity index (χ1) is 13.2. The number of unbranched alkanes of at least 4 members (excludes halogenated alkanes) is 1. The molecule has 0 saturated carbocycles. The van der Waals surface area contributed by atoms with Crippen molar-refractivity contribution >= 4 is 23.8 Å². The molecule has 0 spiro atoms. The summed E-state index contributed by atoms with van der Waals surface area (Å²) in [5, 5.41) is 4.28. The van der Waals surface area contributed by atoms with Gasteiger partial charge in [0.25, 0.3) is 11.8 Å². The van der Waals surface area contributed by atoms with Crippen LogP contribution in [0.15, 0.2) is 24.3 Å². The van der Waals surface area contributed by atoms with Crippen molar-refractivity contribution < 1.29 is 28.7 Å². The van der Waals surface area contributed by atoms with Gasteiger partial charge in [0, 0.05) is 5.56 Å². The fourth-order valence-corrected chi connectivity index (χ4v) is 2.16. The minimum Gasteiger partial charge on any atom is -0.494 e. The largest absolute Gasteiger partial charge is 0.494 e. The van der Waals surface area contributed by atoms with Gasteiger partial charge in [-0.25, -0.2) is 4.79 Å². The zero-order chi connectivity index (χ0) is 21.1. The average molecular weight is 393 g/mol. The van der Waals surface area contributed by atoms with Gasteiger partial charge in [-0.1, -0.05) is 27.2 Å². The summed E-state index contributed by atoms with van der Waals surface area (Å²) < 4.78 is 10.6. The number of ether oxygens (including phenoxy) is 2. The van der Waals surface area contributed by atoms with Crippen LogP contribution in [0.4, 0.5) is 4.79 Å². The highest BCUT2D eigenvalue weighted by molar-refractivity contribution is 5.98. The van der Waals surface area contributed by atoms with E-state index in [1.165, 1.54) is 0 Å². The highest BCUT2D eigenvalue weighted by Crippen LogP contribution is 2.13. The summed E-state index contributed by atoms with van der Waals surface area (Å²) in [6, 6.07) is 5.47. The van der Waals surface area contributed by atoms with Crippen LogP contribution in [0, 0.1) is 5.92 Å². The Morgan fingerprint density at radius 2 is 1.75 bits per heavy atom. The van der Waals surface area contributed by atoms with Crippen LogP contribution in [0.2, 0.25) is 0 Å². The van der Waals surface area contributed by atoms with Crippen molar-refractivity contribution in [1.29, 1.82) is 0 Å². The van der Waals surface area contributed by atoms with Gasteiger partial charge in [0.15, 0.2) is 6.10 Å². The van der Waals surface area contributed by atoms with E-state index in [0.29, 0.717) is 17.9 Å². The second kappa shape index (κ2) is 11.6. The molecular weight excluding hydrogens is 366 g/mol. The summed E-state index contributed by atoms with van der Waals surface area (Å²) in [7, 11) is 0. The number of nitrogens with one attached hydrogen (secondary N) is 2. The predicted molar refractivity (Wildman–Crippen MR) is 102 cm³/mol. The predicted octanol–water partition coefficient (Wildman–Crippen LogP) is 1.36. The molecule has 28 heavy (non-hydrogen) atoms. The van der Waals surface area contributed by atoms with Crippen LogP contribution in [0.5, 0.6) is 5.75 Å². The van der Waals surface area contributed by atoms with E-state index in [1.807, 2.05) is 5.32 Å². The van der Waals surface area contributed by atoms with Crippen LogP contribution >= 0.6 is 0 Å². The maximum atomic E-state index is 12.1. The topological polar surface area (TPSA) is 137 Å². The lowest BCUT2D eigenvalue weighted by Crippen LogP contribution is -2.46. The van der Waals surface area contributed by atoms with E-state index in [4.69, 9.17) is 15.2 Å². The molecule has 0 heterocycles. The van der Waals surface area contributed by atoms with E-state index >= 15 is 0 Å². The Bertz CT molecular complexity index is 687. The van der Waals surface area contributed by atoms with Gasteiger partial charge in [0.05, 0.1) is 6.61 Å². The summed E-state index contributed by atoms with van der Waals surface area (Å²) in [6.07, 6.45) is 0.772. The van der Waals surface area contributed by atoms with E-state index in [1.54, 1.807) is 38.1 Å². The van der Waals surface area contributed by atoms with E-state index in [0.717, 1.165) is 12.8 Å². The lowest BCUT2D eigenvalue weighted by atomic mass is 10.1. The van der Waals surface area contributed by atoms with Crippen LogP contribution in [-0.4, -0.2) is 43.1 Å². The zero-order valence-corrected chi connectivity index (χ0v) is 16.3. The van der Waals surface area contributed by atoms with Crippen molar-refractivity contribution in [3.63, 3.8) is 0 Å². The fourth-order valence-electron chi connectivity index (χ4n) is 2.16. The van der Waals surface area contributed by atoms with Gasteiger partial charge in [0.2, 0.25) is 0 Å². The number of amides is 4. The Morgan fingerprint density at radius 3 is 2.29 bits per heavy atom. The number of hydrogen-bond donors (Lipinski definition) is 3. The van der Waals surface area contributed by atoms with E-state index in [9.17, 15) is 19.2 Å². The number of urea groups is 1. The zero-order valence-electron chi connectivity index (χ0n) is 16.3. The molecule has 0 aliphatic carbocycles. The van der Waals surface area contributed by atoms with Gasteiger partial charge in [-0.05, 0) is 36.6 Å². The number of nitrogens with two attached hydrogens (primary N) is 1. The van der Waals surface area contributed by atoms with Gasteiger partial charge in [-0.15, -0.1) is 0 Å². The highest BCUT2D eigenvalue weighted by Gasteiger charge is 2.27. The molecule has 154 valence electrons. The lowest BCUT2D eigenvalue weighted by Gasteiger charge is -2.19. The summed E-state index contributed by atoms with van der Waals surface area (Å²) in [5.74, 6) is -1.84. The Kier molecular flexibility index (Phi) is 9.49. The molecule has 0 saturated heterocycles. The van der Waals surface area contributed by atoms with Crippen molar-refractivity contribution in [2.75, 3.05) is 13.2 Å². The normalized spacial score (nSPS) is 11.4. The van der Waals surface area contributed by atoms with Crippen molar-refractivity contribution in [1.82, 2.24) is 10.6 Å². The Balaban J connectivity index is 2.53. The molecule has 0 unspecified atom stereocenters. The molecule has 4 amide bonds. The van der Waals surface area contributed by atoms with Gasteiger partial charge in [-0.3, -0.25) is 19.7 Å². The van der Waals surface area contributed by atoms with Crippen LogP contribution in [0.25, 0.3) is 0 Å². The summed E-state index contributed by atoms with van der Waals surface area (Å²) in [5.41, 5.74) is 5.24. The molecule has 1 aromatic carbocycles. The molecule has 9 heteroatoms. The Labute approximate surface area is 163 Å². The molecule has 0 aliphatic rings. The van der Waals surface area contributed by atoms with Crippen LogP contribution in [0.1, 0.15) is 44.0 Å². The quantitative estimate of drug-likeness (QED) is 0.405. The van der Waals surface area contributed by atoms with Crippen molar-refractivity contribution in [2.45, 2.75) is 39.7 Å². The molecule has 0 bridgehead atoms.